The number of aryl methyl sites for hydroxylation is 1. The van der Waals surface area contributed by atoms with Gasteiger partial charge in [-0.3, -0.25) is 9.78 Å². The summed E-state index contributed by atoms with van der Waals surface area (Å²) < 4.78 is -0.161. The second kappa shape index (κ2) is 6.10. The fourth-order valence-electron chi connectivity index (χ4n) is 2.48. The van der Waals surface area contributed by atoms with Crippen LogP contribution in [0, 0.1) is 6.92 Å². The zero-order valence-electron chi connectivity index (χ0n) is 11.8. The molecule has 0 aliphatic carbocycles. The van der Waals surface area contributed by atoms with E-state index in [0.29, 0.717) is 23.8 Å². The Kier molecular flexibility index (Phi) is 4.65. The molecule has 2 N–H and O–H groups in total. The van der Waals surface area contributed by atoms with E-state index >= 15 is 0 Å². The van der Waals surface area contributed by atoms with Crippen molar-refractivity contribution in [3.05, 3.63) is 29.6 Å². The lowest BCUT2D eigenvalue weighted by Crippen LogP contribution is -2.50. The van der Waals surface area contributed by atoms with Gasteiger partial charge in [-0.2, -0.15) is 11.8 Å². The van der Waals surface area contributed by atoms with Gasteiger partial charge in [-0.15, -0.1) is 0 Å². The molecule has 2 heterocycles. The van der Waals surface area contributed by atoms with Crippen molar-refractivity contribution in [3.8, 4) is 0 Å². The van der Waals surface area contributed by atoms with Gasteiger partial charge in [-0.1, -0.05) is 18.3 Å². The van der Waals surface area contributed by atoms with Gasteiger partial charge < -0.3 is 10.6 Å². The van der Waals surface area contributed by atoms with Gasteiger partial charge in [0.2, 0.25) is 0 Å². The largest absolute Gasteiger partial charge is 0.392 e. The third-order valence-electron chi connectivity index (χ3n) is 3.91. The smallest absolute Gasteiger partial charge is 0.272 e. The Morgan fingerprint density at radius 2 is 2.15 bits per heavy atom. The molecule has 0 bridgehead atoms. The van der Waals surface area contributed by atoms with Gasteiger partial charge in [0, 0.05) is 19.3 Å². The summed E-state index contributed by atoms with van der Waals surface area (Å²) in [6.45, 7) is 3.26. The fraction of sp³-hybridized carbons (Fsp3) is 0.500. The van der Waals surface area contributed by atoms with Crippen molar-refractivity contribution < 1.29 is 4.79 Å². The fourth-order valence-corrected chi connectivity index (χ4v) is 3.73. The predicted molar refractivity (Wildman–Crippen MR) is 87.1 cm³/mol. The maximum absolute atomic E-state index is 12.5. The third kappa shape index (κ3) is 2.81. The van der Waals surface area contributed by atoms with Crippen LogP contribution in [0.15, 0.2) is 18.3 Å². The monoisotopic (exact) mass is 309 g/mol. The van der Waals surface area contributed by atoms with Gasteiger partial charge in [0.25, 0.3) is 5.91 Å². The maximum atomic E-state index is 12.5. The zero-order valence-corrected chi connectivity index (χ0v) is 13.4. The molecular weight excluding hydrogens is 290 g/mol. The van der Waals surface area contributed by atoms with E-state index in [9.17, 15) is 4.79 Å². The van der Waals surface area contributed by atoms with Crippen LogP contribution < -0.4 is 5.73 Å². The number of thioether (sulfide) groups is 1. The molecule has 1 aromatic heterocycles. The van der Waals surface area contributed by atoms with Crippen LogP contribution in [-0.4, -0.2) is 44.9 Å². The predicted octanol–water partition coefficient (Wildman–Crippen LogP) is 2.01. The van der Waals surface area contributed by atoms with E-state index < -0.39 is 0 Å². The molecular formula is C14H19N3OS2. The van der Waals surface area contributed by atoms with Crippen LogP contribution in [0.2, 0.25) is 0 Å². The number of hydrogen-bond donors (Lipinski definition) is 1. The van der Waals surface area contributed by atoms with E-state index in [-0.39, 0.29) is 10.7 Å². The number of nitrogens with zero attached hydrogens (tertiary/aromatic N) is 2. The second-order valence-electron chi connectivity index (χ2n) is 5.02. The van der Waals surface area contributed by atoms with Gasteiger partial charge in [0.15, 0.2) is 0 Å². The molecule has 1 aromatic rings. The second-order valence-corrected chi connectivity index (χ2v) is 6.65. The summed E-state index contributed by atoms with van der Waals surface area (Å²) in [5.74, 6) is 0.000688. The van der Waals surface area contributed by atoms with Crippen LogP contribution in [0.25, 0.3) is 0 Å². The van der Waals surface area contributed by atoms with Gasteiger partial charge in [0.1, 0.15) is 5.69 Å². The summed E-state index contributed by atoms with van der Waals surface area (Å²) in [6, 6.07) is 3.75. The summed E-state index contributed by atoms with van der Waals surface area (Å²) in [5, 5.41) is 0. The lowest BCUT2D eigenvalue weighted by molar-refractivity contribution is 0.0712. The molecule has 1 saturated heterocycles. The third-order valence-corrected chi connectivity index (χ3v) is 5.84. The number of carbonyl (C=O) groups is 1. The van der Waals surface area contributed by atoms with E-state index in [2.05, 4.69) is 4.98 Å². The normalized spacial score (nSPS) is 17.8. The van der Waals surface area contributed by atoms with Crippen molar-refractivity contribution in [2.24, 2.45) is 5.73 Å². The van der Waals surface area contributed by atoms with E-state index in [4.69, 9.17) is 18.0 Å². The van der Waals surface area contributed by atoms with Gasteiger partial charge >= 0.3 is 0 Å². The van der Waals surface area contributed by atoms with Gasteiger partial charge in [0.05, 0.1) is 9.74 Å². The minimum absolute atomic E-state index is 0.000688. The average molecular weight is 309 g/mol. The summed E-state index contributed by atoms with van der Waals surface area (Å²) in [4.78, 5) is 19.1. The molecule has 4 nitrogen and oxygen atoms in total. The van der Waals surface area contributed by atoms with Crippen LogP contribution in [0.1, 0.15) is 28.9 Å². The molecule has 0 aromatic carbocycles. The summed E-state index contributed by atoms with van der Waals surface area (Å²) >= 11 is 6.88. The molecule has 1 aliphatic heterocycles. The average Bonchev–Trinajstić information content (AvgIpc) is 2.47. The van der Waals surface area contributed by atoms with E-state index in [1.165, 1.54) is 0 Å². The first-order valence-electron chi connectivity index (χ1n) is 6.56. The lowest BCUT2D eigenvalue weighted by Gasteiger charge is -2.40. The van der Waals surface area contributed by atoms with Crippen LogP contribution in [-0.2, 0) is 0 Å². The molecule has 0 saturated carbocycles. The number of carbonyl (C=O) groups excluding carboxylic acids is 1. The molecule has 0 spiro atoms. The highest BCUT2D eigenvalue weighted by molar-refractivity contribution is 8.02. The Hall–Kier alpha value is -1.14. The molecule has 0 radical (unpaired) electrons. The number of thiocarbonyl (C=S) groups is 1. The number of amides is 1. The first-order chi connectivity index (χ1) is 9.50. The molecule has 0 atom stereocenters. The van der Waals surface area contributed by atoms with E-state index in [1.807, 2.05) is 30.2 Å². The minimum Gasteiger partial charge on any atom is -0.392 e. The Balaban J connectivity index is 2.10. The quantitative estimate of drug-likeness (QED) is 0.866. The van der Waals surface area contributed by atoms with Crippen molar-refractivity contribution in [2.75, 3.05) is 19.3 Å². The van der Waals surface area contributed by atoms with Crippen LogP contribution in [0.3, 0.4) is 0 Å². The SMILES string of the molecule is CSC1(C(N)=S)CCN(C(=O)c2ncccc2C)CC1. The summed E-state index contributed by atoms with van der Waals surface area (Å²) in [7, 11) is 0. The van der Waals surface area contributed by atoms with E-state index in [0.717, 1.165) is 18.4 Å². The number of piperidine rings is 1. The van der Waals surface area contributed by atoms with Crippen molar-refractivity contribution in [2.45, 2.75) is 24.5 Å². The van der Waals surface area contributed by atoms with Crippen LogP contribution in [0.5, 0.6) is 0 Å². The number of hydrogen-bond acceptors (Lipinski definition) is 4. The molecule has 6 heteroatoms. The van der Waals surface area contributed by atoms with Crippen LogP contribution in [0.4, 0.5) is 0 Å². The van der Waals surface area contributed by atoms with Gasteiger partial charge in [-0.25, -0.2) is 0 Å². The number of pyridine rings is 1. The summed E-state index contributed by atoms with van der Waals surface area (Å²) in [6.07, 6.45) is 5.30. The molecule has 0 unspecified atom stereocenters. The van der Waals surface area contributed by atoms with Crippen LogP contribution >= 0.6 is 24.0 Å². The topological polar surface area (TPSA) is 59.2 Å². The molecule has 2 rings (SSSR count). The first kappa shape index (κ1) is 15.3. The Morgan fingerprint density at radius 1 is 1.50 bits per heavy atom. The zero-order chi connectivity index (χ0) is 14.8. The lowest BCUT2D eigenvalue weighted by atomic mass is 9.95. The molecule has 1 fully saturated rings. The molecule has 20 heavy (non-hydrogen) atoms. The number of aromatic nitrogens is 1. The van der Waals surface area contributed by atoms with E-state index in [1.54, 1.807) is 18.0 Å². The highest BCUT2D eigenvalue weighted by Gasteiger charge is 2.38. The maximum Gasteiger partial charge on any atom is 0.272 e. The van der Waals surface area contributed by atoms with Crippen molar-refractivity contribution >= 4 is 34.9 Å². The Labute approximate surface area is 129 Å². The summed E-state index contributed by atoms with van der Waals surface area (Å²) in [5.41, 5.74) is 7.32. The molecule has 108 valence electrons. The number of nitrogens with two attached hydrogens (primary N) is 1. The highest BCUT2D eigenvalue weighted by atomic mass is 32.2. The molecule has 1 aliphatic rings. The van der Waals surface area contributed by atoms with Crippen molar-refractivity contribution in [3.63, 3.8) is 0 Å². The van der Waals surface area contributed by atoms with Crippen molar-refractivity contribution in [1.82, 2.24) is 9.88 Å². The molecule has 1 amide bonds. The Morgan fingerprint density at radius 3 is 2.65 bits per heavy atom. The number of likely N-dealkylation sites (tertiary alicyclic amines) is 1. The first-order valence-corrected chi connectivity index (χ1v) is 8.19. The highest BCUT2D eigenvalue weighted by Crippen LogP contribution is 2.35. The number of rotatable bonds is 3. The minimum atomic E-state index is -0.161. The van der Waals surface area contributed by atoms with Gasteiger partial charge in [-0.05, 0) is 37.7 Å². The Bertz CT molecular complexity index is 525. The van der Waals surface area contributed by atoms with Crippen molar-refractivity contribution in [1.29, 1.82) is 0 Å². The standard InChI is InChI=1S/C14H19N3OS2/c1-10-4-3-7-16-11(10)12(18)17-8-5-14(20-2,6-9-17)13(15)19/h3-4,7H,5-6,8-9H2,1-2H3,(H2,15,19).